The van der Waals surface area contributed by atoms with Crippen LogP contribution < -0.4 is 4.90 Å². The zero-order chi connectivity index (χ0) is 20.2. The summed E-state index contributed by atoms with van der Waals surface area (Å²) in [6.07, 6.45) is 10.3. The molecule has 0 aliphatic carbocycles. The highest BCUT2D eigenvalue weighted by atomic mass is 16.5. The minimum atomic E-state index is -0.713. The van der Waals surface area contributed by atoms with Gasteiger partial charge in [0.15, 0.2) is 5.82 Å². The molecular weight excluding hydrogens is 370 g/mol. The van der Waals surface area contributed by atoms with Gasteiger partial charge >= 0.3 is 5.97 Å². The molecule has 8 heteroatoms. The van der Waals surface area contributed by atoms with E-state index >= 15 is 0 Å². The van der Waals surface area contributed by atoms with Gasteiger partial charge in [0.05, 0.1) is 29.7 Å². The summed E-state index contributed by atoms with van der Waals surface area (Å²) < 4.78 is 7.11. The smallest absolute Gasteiger partial charge is 0.306 e. The lowest BCUT2D eigenvalue weighted by Crippen LogP contribution is -2.37. The fraction of sp³-hybridized carbons (Fsp3) is 0.429. The monoisotopic (exact) mass is 395 g/mol. The van der Waals surface area contributed by atoms with E-state index in [1.165, 1.54) is 0 Å². The highest BCUT2D eigenvalue weighted by Gasteiger charge is 2.27. The number of aryl methyl sites for hydroxylation is 1. The number of carboxylic acids is 1. The lowest BCUT2D eigenvalue weighted by Gasteiger charge is -2.32. The van der Waals surface area contributed by atoms with Gasteiger partial charge in [0.25, 0.3) is 0 Å². The number of rotatable bonds is 7. The predicted octanol–water partition coefficient (Wildman–Crippen LogP) is 2.67. The van der Waals surface area contributed by atoms with E-state index in [0.717, 1.165) is 41.1 Å². The first-order valence-electron chi connectivity index (χ1n) is 9.90. The summed E-state index contributed by atoms with van der Waals surface area (Å²) in [5, 5.41) is 9.31. The first-order valence-corrected chi connectivity index (χ1v) is 9.90. The zero-order valence-electron chi connectivity index (χ0n) is 16.5. The Labute approximate surface area is 169 Å². The summed E-state index contributed by atoms with van der Waals surface area (Å²) in [7, 11) is 1.69. The summed E-state index contributed by atoms with van der Waals surface area (Å²) >= 11 is 0. The maximum Gasteiger partial charge on any atom is 0.306 e. The Hall–Kier alpha value is -3.00. The minimum absolute atomic E-state index is 0.283. The standard InChI is InChI=1S/C21H25N5O3/c1-29-10-2-3-17-11-23-19(16-4-5-18-12-22-14-26(18)13-16)20(24-17)25-8-6-15(7-9-25)21(27)28/h4-5,11-15H,2-3,6-10H2,1H3,(H,27,28). The molecule has 3 aromatic rings. The largest absolute Gasteiger partial charge is 0.481 e. The number of aromatic nitrogens is 4. The molecule has 0 unspecified atom stereocenters. The molecule has 1 aliphatic heterocycles. The highest BCUT2D eigenvalue weighted by molar-refractivity contribution is 5.74. The molecule has 1 aliphatic rings. The van der Waals surface area contributed by atoms with Crippen molar-refractivity contribution in [3.63, 3.8) is 0 Å². The highest BCUT2D eigenvalue weighted by Crippen LogP contribution is 2.31. The number of piperidine rings is 1. The molecule has 0 saturated carbocycles. The van der Waals surface area contributed by atoms with Crippen molar-refractivity contribution in [2.45, 2.75) is 25.7 Å². The Morgan fingerprint density at radius 3 is 2.86 bits per heavy atom. The quantitative estimate of drug-likeness (QED) is 0.615. The number of hydrogen-bond donors (Lipinski definition) is 1. The van der Waals surface area contributed by atoms with Crippen LogP contribution in [0.1, 0.15) is 25.0 Å². The predicted molar refractivity (Wildman–Crippen MR) is 109 cm³/mol. The van der Waals surface area contributed by atoms with Crippen LogP contribution in [-0.2, 0) is 16.0 Å². The molecular formula is C21H25N5O3. The molecule has 4 heterocycles. The summed E-state index contributed by atoms with van der Waals surface area (Å²) in [5.74, 6) is -0.173. The maximum atomic E-state index is 11.3. The minimum Gasteiger partial charge on any atom is -0.481 e. The molecule has 0 radical (unpaired) electrons. The van der Waals surface area contributed by atoms with Crippen LogP contribution in [0.3, 0.4) is 0 Å². The van der Waals surface area contributed by atoms with Crippen molar-refractivity contribution < 1.29 is 14.6 Å². The van der Waals surface area contributed by atoms with Crippen molar-refractivity contribution in [3.8, 4) is 11.3 Å². The number of anilines is 1. The van der Waals surface area contributed by atoms with Crippen molar-refractivity contribution in [2.24, 2.45) is 5.92 Å². The number of carbonyl (C=O) groups is 1. The third kappa shape index (κ3) is 4.22. The number of ether oxygens (including phenoxy) is 1. The van der Waals surface area contributed by atoms with Crippen LogP contribution in [-0.4, -0.2) is 57.2 Å². The summed E-state index contributed by atoms with van der Waals surface area (Å²) in [5.41, 5.74) is 3.71. The van der Waals surface area contributed by atoms with Gasteiger partial charge in [0.1, 0.15) is 5.69 Å². The van der Waals surface area contributed by atoms with Gasteiger partial charge in [-0.15, -0.1) is 0 Å². The number of nitrogens with zero attached hydrogens (tertiary/aromatic N) is 5. The number of hydrogen-bond acceptors (Lipinski definition) is 6. The number of methoxy groups -OCH3 is 1. The van der Waals surface area contributed by atoms with E-state index in [4.69, 9.17) is 14.7 Å². The fourth-order valence-electron chi connectivity index (χ4n) is 3.76. The number of fused-ring (bicyclic) bond motifs is 1. The Kier molecular flexibility index (Phi) is 5.71. The molecule has 0 amide bonds. The van der Waals surface area contributed by atoms with Gasteiger partial charge in [-0.2, -0.15) is 0 Å². The van der Waals surface area contributed by atoms with Crippen LogP contribution in [0.5, 0.6) is 0 Å². The zero-order valence-corrected chi connectivity index (χ0v) is 16.5. The Morgan fingerprint density at radius 1 is 1.28 bits per heavy atom. The summed E-state index contributed by atoms with van der Waals surface area (Å²) in [6, 6.07) is 4.04. The van der Waals surface area contributed by atoms with E-state index in [1.54, 1.807) is 13.4 Å². The van der Waals surface area contributed by atoms with Crippen molar-refractivity contribution in [2.75, 3.05) is 31.7 Å². The first-order chi connectivity index (χ1) is 14.2. The molecule has 0 atom stereocenters. The third-order valence-corrected chi connectivity index (χ3v) is 5.41. The molecule has 1 saturated heterocycles. The number of aliphatic carboxylic acids is 1. The second-order valence-electron chi connectivity index (χ2n) is 7.37. The first kappa shape index (κ1) is 19.3. The lowest BCUT2D eigenvalue weighted by atomic mass is 9.97. The SMILES string of the molecule is COCCCc1cnc(-c2ccc3cncn3c2)c(N2CCC(C(=O)O)CC2)n1. The van der Waals surface area contributed by atoms with Crippen molar-refractivity contribution >= 4 is 17.3 Å². The van der Waals surface area contributed by atoms with Crippen molar-refractivity contribution in [1.82, 2.24) is 19.4 Å². The molecule has 29 heavy (non-hydrogen) atoms. The fourth-order valence-corrected chi connectivity index (χ4v) is 3.76. The third-order valence-electron chi connectivity index (χ3n) is 5.41. The maximum absolute atomic E-state index is 11.3. The van der Waals surface area contributed by atoms with Crippen LogP contribution in [0.2, 0.25) is 0 Å². The van der Waals surface area contributed by atoms with E-state index < -0.39 is 5.97 Å². The van der Waals surface area contributed by atoms with Crippen molar-refractivity contribution in [1.29, 1.82) is 0 Å². The molecule has 3 aromatic heterocycles. The van der Waals surface area contributed by atoms with Gasteiger partial charge in [0, 0.05) is 44.8 Å². The lowest BCUT2D eigenvalue weighted by molar-refractivity contribution is -0.142. The Bertz CT molecular complexity index is 995. The summed E-state index contributed by atoms with van der Waals surface area (Å²) in [4.78, 5) is 27.3. The Balaban J connectivity index is 1.67. The molecule has 0 bridgehead atoms. The van der Waals surface area contributed by atoms with E-state index in [0.29, 0.717) is 32.5 Å². The number of imidazole rings is 1. The number of carboxylic acid groups (broad SMARTS) is 1. The van der Waals surface area contributed by atoms with E-state index in [-0.39, 0.29) is 5.92 Å². The molecule has 0 spiro atoms. The Morgan fingerprint density at radius 2 is 2.10 bits per heavy atom. The van der Waals surface area contributed by atoms with E-state index in [1.807, 2.05) is 35.1 Å². The van der Waals surface area contributed by atoms with E-state index in [9.17, 15) is 9.90 Å². The van der Waals surface area contributed by atoms with E-state index in [2.05, 4.69) is 9.88 Å². The van der Waals surface area contributed by atoms with Gasteiger partial charge in [-0.05, 0) is 37.8 Å². The second-order valence-corrected chi connectivity index (χ2v) is 7.37. The molecule has 152 valence electrons. The topological polar surface area (TPSA) is 92.9 Å². The van der Waals surface area contributed by atoms with Crippen LogP contribution in [0.4, 0.5) is 5.82 Å². The second kappa shape index (κ2) is 8.57. The average Bonchev–Trinajstić information content (AvgIpc) is 3.22. The normalized spacial score (nSPS) is 15.1. The van der Waals surface area contributed by atoms with Crippen LogP contribution in [0.25, 0.3) is 16.8 Å². The van der Waals surface area contributed by atoms with Gasteiger partial charge in [-0.3, -0.25) is 9.78 Å². The van der Waals surface area contributed by atoms with Crippen LogP contribution >= 0.6 is 0 Å². The van der Waals surface area contributed by atoms with Crippen LogP contribution in [0.15, 0.2) is 37.1 Å². The molecule has 1 fully saturated rings. The average molecular weight is 395 g/mol. The summed E-state index contributed by atoms with van der Waals surface area (Å²) in [6.45, 7) is 2.00. The van der Waals surface area contributed by atoms with Crippen molar-refractivity contribution in [3.05, 3.63) is 42.7 Å². The molecule has 0 aromatic carbocycles. The van der Waals surface area contributed by atoms with Gasteiger partial charge < -0.3 is 19.1 Å². The van der Waals surface area contributed by atoms with Gasteiger partial charge in [-0.1, -0.05) is 0 Å². The molecule has 4 rings (SSSR count). The van der Waals surface area contributed by atoms with Crippen LogP contribution in [0, 0.1) is 5.92 Å². The molecule has 8 nitrogen and oxygen atoms in total. The van der Waals surface area contributed by atoms with Gasteiger partial charge in [-0.25, -0.2) is 9.97 Å². The molecule has 1 N–H and O–H groups in total. The number of pyridine rings is 1. The van der Waals surface area contributed by atoms with Gasteiger partial charge in [0.2, 0.25) is 0 Å².